The van der Waals surface area contributed by atoms with Crippen LogP contribution in [0.1, 0.15) is 16.7 Å². The van der Waals surface area contributed by atoms with Crippen molar-refractivity contribution in [3.63, 3.8) is 0 Å². The van der Waals surface area contributed by atoms with E-state index in [1.165, 1.54) is 0 Å². The zero-order chi connectivity index (χ0) is 22.2. The van der Waals surface area contributed by atoms with Gasteiger partial charge >= 0.3 is 0 Å². The number of aryl methyl sites for hydroxylation is 3. The van der Waals surface area contributed by atoms with Crippen molar-refractivity contribution in [1.82, 2.24) is 0 Å². The van der Waals surface area contributed by atoms with Gasteiger partial charge in [0.25, 0.3) is 0 Å². The highest BCUT2D eigenvalue weighted by Crippen LogP contribution is 2.28. The van der Waals surface area contributed by atoms with Crippen molar-refractivity contribution in [2.75, 3.05) is 7.11 Å². The normalized spacial score (nSPS) is 12.3. The van der Waals surface area contributed by atoms with Crippen LogP contribution in [-0.4, -0.2) is 15.5 Å². The number of para-hydroxylation sites is 1. The molecule has 0 saturated heterocycles. The highest BCUT2D eigenvalue weighted by atomic mass is 32.2. The molecule has 0 N–H and O–H groups in total. The van der Waals surface area contributed by atoms with E-state index in [-0.39, 0.29) is 15.3 Å². The lowest BCUT2D eigenvalue weighted by molar-refractivity contribution is 0.404. The monoisotopic (exact) mass is 433 g/mol. The first-order valence-electron chi connectivity index (χ1n) is 9.84. The lowest BCUT2D eigenvalue weighted by Gasteiger charge is -2.10. The molecule has 3 aromatic carbocycles. The third-order valence-electron chi connectivity index (χ3n) is 5.13. The molecule has 0 unspecified atom stereocenters. The summed E-state index contributed by atoms with van der Waals surface area (Å²) in [5.41, 5.74) is 4.03. The summed E-state index contributed by atoms with van der Waals surface area (Å²) in [7, 11) is -2.32. The van der Waals surface area contributed by atoms with Crippen LogP contribution in [0.25, 0.3) is 11.0 Å². The van der Waals surface area contributed by atoms with Crippen LogP contribution in [0.2, 0.25) is 0 Å². The van der Waals surface area contributed by atoms with Crippen molar-refractivity contribution >= 4 is 26.5 Å². The molecule has 6 heteroatoms. The van der Waals surface area contributed by atoms with E-state index in [0.29, 0.717) is 22.4 Å². The summed E-state index contributed by atoms with van der Waals surface area (Å²) in [4.78, 5) is 4.83. The van der Waals surface area contributed by atoms with Gasteiger partial charge in [-0.3, -0.25) is 0 Å². The molecule has 0 radical (unpaired) electrons. The van der Waals surface area contributed by atoms with Gasteiger partial charge < -0.3 is 9.15 Å². The number of hydrogen-bond acceptors (Lipinski definition) is 5. The fourth-order valence-electron chi connectivity index (χ4n) is 3.33. The Bertz CT molecular complexity index is 1450. The van der Waals surface area contributed by atoms with E-state index in [2.05, 4.69) is 4.99 Å². The number of hydrogen-bond donors (Lipinski definition) is 0. The van der Waals surface area contributed by atoms with Crippen LogP contribution >= 0.6 is 0 Å². The third-order valence-corrected chi connectivity index (χ3v) is 6.90. The first-order chi connectivity index (χ1) is 14.8. The van der Waals surface area contributed by atoms with Gasteiger partial charge in [-0.05, 0) is 62.2 Å². The lowest BCUT2D eigenvalue weighted by atomic mass is 10.1. The molecule has 4 aromatic rings. The fourth-order valence-corrected chi connectivity index (χ4v) is 4.68. The van der Waals surface area contributed by atoms with Crippen LogP contribution < -0.4 is 10.3 Å². The molecule has 0 atom stereocenters. The molecule has 1 aromatic heterocycles. The number of sulfone groups is 1. The van der Waals surface area contributed by atoms with Crippen molar-refractivity contribution in [2.45, 2.75) is 30.6 Å². The molecular formula is C25H23NO4S. The summed E-state index contributed by atoms with van der Waals surface area (Å²) < 4.78 is 38.6. The predicted octanol–water partition coefficient (Wildman–Crippen LogP) is 5.43. The minimum absolute atomic E-state index is 0.0120. The number of fused-ring (bicyclic) bond motifs is 1. The Morgan fingerprint density at radius 1 is 0.871 bits per heavy atom. The molecule has 0 spiro atoms. The van der Waals surface area contributed by atoms with Gasteiger partial charge in [-0.1, -0.05) is 42.0 Å². The van der Waals surface area contributed by atoms with Gasteiger partial charge in [0.1, 0.15) is 4.90 Å². The van der Waals surface area contributed by atoms with Crippen LogP contribution in [0.15, 0.2) is 85.9 Å². The van der Waals surface area contributed by atoms with Gasteiger partial charge in [-0.25, -0.2) is 13.4 Å². The van der Waals surface area contributed by atoms with E-state index >= 15 is 0 Å². The second-order valence-electron chi connectivity index (χ2n) is 7.51. The van der Waals surface area contributed by atoms with Gasteiger partial charge in [-0.2, -0.15) is 0 Å². The number of ether oxygens (including phenoxy) is 1. The van der Waals surface area contributed by atoms with Crippen LogP contribution in [0.3, 0.4) is 0 Å². The molecule has 0 aliphatic heterocycles. The highest BCUT2D eigenvalue weighted by molar-refractivity contribution is 7.91. The Hall–Kier alpha value is -3.38. The van der Waals surface area contributed by atoms with Crippen molar-refractivity contribution in [2.24, 2.45) is 4.99 Å². The highest BCUT2D eigenvalue weighted by Gasteiger charge is 2.23. The molecule has 0 fully saturated rings. The van der Waals surface area contributed by atoms with Gasteiger partial charge in [0.2, 0.25) is 15.4 Å². The maximum absolute atomic E-state index is 13.6. The molecule has 0 bridgehead atoms. The standard InChI is InChI=1S/C25H23NO4S/c1-16-9-12-20(13-10-16)31(27,28)23-15-19-6-5-7-22(29-4)24(19)30-25(23)26-21-14-17(2)8-11-18(21)3/h5-15H,1-4H3. The molecule has 158 valence electrons. The summed E-state index contributed by atoms with van der Waals surface area (Å²) in [5.74, 6) is 0.509. The molecular weight excluding hydrogens is 410 g/mol. The van der Waals surface area contributed by atoms with E-state index in [1.807, 2.05) is 39.0 Å². The largest absolute Gasteiger partial charge is 0.493 e. The van der Waals surface area contributed by atoms with Gasteiger partial charge in [0, 0.05) is 5.39 Å². The maximum atomic E-state index is 13.6. The summed E-state index contributed by atoms with van der Waals surface area (Å²) in [5, 5.41) is 0.616. The molecule has 1 heterocycles. The Morgan fingerprint density at radius 3 is 2.29 bits per heavy atom. The Kier molecular flexibility index (Phi) is 5.41. The second-order valence-corrected chi connectivity index (χ2v) is 9.43. The minimum Gasteiger partial charge on any atom is -0.493 e. The van der Waals surface area contributed by atoms with Crippen molar-refractivity contribution in [3.05, 3.63) is 89.0 Å². The van der Waals surface area contributed by atoms with Crippen molar-refractivity contribution < 1.29 is 17.6 Å². The molecule has 5 nitrogen and oxygen atoms in total. The number of benzene rings is 3. The van der Waals surface area contributed by atoms with E-state index in [0.717, 1.165) is 16.7 Å². The molecule has 0 aliphatic carbocycles. The van der Waals surface area contributed by atoms with Crippen LogP contribution in [0.5, 0.6) is 5.75 Å². The lowest BCUT2D eigenvalue weighted by Crippen LogP contribution is -2.16. The first kappa shape index (κ1) is 20.9. The molecule has 0 amide bonds. The SMILES string of the molecule is COc1cccc2cc(S(=O)(=O)c3ccc(C)cc3)c(=Nc3cc(C)ccc3C)oc12. The third kappa shape index (κ3) is 3.99. The zero-order valence-electron chi connectivity index (χ0n) is 17.8. The number of nitrogens with zero attached hydrogens (tertiary/aromatic N) is 1. The van der Waals surface area contributed by atoms with Crippen molar-refractivity contribution in [1.29, 1.82) is 0 Å². The Labute approximate surface area is 181 Å². The second kappa shape index (κ2) is 8.04. The zero-order valence-corrected chi connectivity index (χ0v) is 18.7. The average Bonchev–Trinajstić information content (AvgIpc) is 2.75. The first-order valence-corrected chi connectivity index (χ1v) is 11.3. The molecule has 0 aliphatic rings. The number of methoxy groups -OCH3 is 1. The van der Waals surface area contributed by atoms with Gasteiger partial charge in [-0.15, -0.1) is 0 Å². The molecule has 4 rings (SSSR count). The van der Waals surface area contributed by atoms with E-state index < -0.39 is 9.84 Å². The summed E-state index contributed by atoms with van der Waals surface area (Å²) in [6, 6.07) is 19.5. The van der Waals surface area contributed by atoms with E-state index in [1.54, 1.807) is 55.6 Å². The van der Waals surface area contributed by atoms with Crippen LogP contribution in [0, 0.1) is 20.8 Å². The number of rotatable bonds is 4. The van der Waals surface area contributed by atoms with Gasteiger partial charge in [0.15, 0.2) is 11.3 Å². The van der Waals surface area contributed by atoms with E-state index in [9.17, 15) is 8.42 Å². The topological polar surface area (TPSA) is 68.9 Å². The van der Waals surface area contributed by atoms with E-state index in [4.69, 9.17) is 9.15 Å². The Balaban J connectivity index is 2.08. The summed E-state index contributed by atoms with van der Waals surface area (Å²) in [6.07, 6.45) is 0. The summed E-state index contributed by atoms with van der Waals surface area (Å²) in [6.45, 7) is 5.80. The van der Waals surface area contributed by atoms with Crippen molar-refractivity contribution in [3.8, 4) is 5.75 Å². The smallest absolute Gasteiger partial charge is 0.239 e. The predicted molar refractivity (Wildman–Crippen MR) is 121 cm³/mol. The summed E-state index contributed by atoms with van der Waals surface area (Å²) >= 11 is 0. The van der Waals surface area contributed by atoms with Gasteiger partial charge in [0.05, 0.1) is 17.7 Å². The van der Waals surface area contributed by atoms with Crippen LogP contribution in [0.4, 0.5) is 5.69 Å². The van der Waals surface area contributed by atoms with Crippen LogP contribution in [-0.2, 0) is 9.84 Å². The quantitative estimate of drug-likeness (QED) is 0.430. The minimum atomic E-state index is -3.87. The fraction of sp³-hybridized carbons (Fsp3) is 0.160. The maximum Gasteiger partial charge on any atom is 0.239 e. The molecule has 31 heavy (non-hydrogen) atoms. The molecule has 0 saturated carbocycles. The Morgan fingerprint density at radius 2 is 1.58 bits per heavy atom. The average molecular weight is 434 g/mol.